The Balaban J connectivity index is 1.49. The van der Waals surface area contributed by atoms with Crippen LogP contribution in [0.3, 0.4) is 0 Å². The predicted octanol–water partition coefficient (Wildman–Crippen LogP) is 3.59. The van der Waals surface area contributed by atoms with Gasteiger partial charge in [0.2, 0.25) is 5.91 Å². The van der Waals surface area contributed by atoms with Gasteiger partial charge in [-0.05, 0) is 55.9 Å². The zero-order valence-electron chi connectivity index (χ0n) is 16.7. The Kier molecular flexibility index (Phi) is 6.75. The molecule has 0 aliphatic carbocycles. The summed E-state index contributed by atoms with van der Waals surface area (Å²) in [6.07, 6.45) is 4.88. The highest BCUT2D eigenvalue weighted by atomic mass is 16.5. The lowest BCUT2D eigenvalue weighted by Gasteiger charge is -2.32. The summed E-state index contributed by atoms with van der Waals surface area (Å²) < 4.78 is 5.94. The van der Waals surface area contributed by atoms with Crippen molar-refractivity contribution < 1.29 is 14.3 Å². The molecule has 2 aliphatic heterocycles. The number of hydrogen-bond donors (Lipinski definition) is 0. The summed E-state index contributed by atoms with van der Waals surface area (Å²) in [6.45, 7) is 8.14. The fourth-order valence-corrected chi connectivity index (χ4v) is 3.95. The van der Waals surface area contributed by atoms with E-state index in [2.05, 4.69) is 6.92 Å². The van der Waals surface area contributed by atoms with E-state index in [0.717, 1.165) is 63.2 Å². The molecule has 0 radical (unpaired) electrons. The van der Waals surface area contributed by atoms with Crippen LogP contribution in [-0.4, -0.2) is 54.4 Å². The molecular weight excluding hydrogens is 340 g/mol. The largest absolute Gasteiger partial charge is 0.493 e. The van der Waals surface area contributed by atoms with Crippen molar-refractivity contribution in [2.75, 3.05) is 32.8 Å². The molecule has 5 heteroatoms. The number of hydrogen-bond acceptors (Lipinski definition) is 3. The third-order valence-corrected chi connectivity index (χ3v) is 5.83. The third kappa shape index (κ3) is 5.24. The van der Waals surface area contributed by atoms with Gasteiger partial charge in [0.1, 0.15) is 5.75 Å². The Morgan fingerprint density at radius 3 is 2.41 bits per heavy atom. The lowest BCUT2D eigenvalue weighted by atomic mass is 9.98. The zero-order chi connectivity index (χ0) is 19.2. The number of benzene rings is 1. The van der Waals surface area contributed by atoms with Crippen LogP contribution in [0.15, 0.2) is 24.3 Å². The highest BCUT2D eigenvalue weighted by molar-refractivity contribution is 5.94. The quantitative estimate of drug-likeness (QED) is 0.794. The van der Waals surface area contributed by atoms with Crippen LogP contribution in [0.25, 0.3) is 0 Å². The molecule has 0 spiro atoms. The Hall–Kier alpha value is -2.04. The highest BCUT2D eigenvalue weighted by Gasteiger charge is 2.24. The second-order valence-corrected chi connectivity index (χ2v) is 8.01. The van der Waals surface area contributed by atoms with Crippen LogP contribution < -0.4 is 4.74 Å². The van der Waals surface area contributed by atoms with Crippen LogP contribution in [0.5, 0.6) is 5.75 Å². The van der Waals surface area contributed by atoms with Crippen molar-refractivity contribution in [3.05, 3.63) is 29.8 Å². The van der Waals surface area contributed by atoms with Crippen molar-refractivity contribution in [3.63, 3.8) is 0 Å². The average molecular weight is 373 g/mol. The van der Waals surface area contributed by atoms with Gasteiger partial charge in [0.05, 0.1) is 6.61 Å². The fourth-order valence-electron chi connectivity index (χ4n) is 3.95. The highest BCUT2D eigenvalue weighted by Crippen LogP contribution is 2.22. The molecule has 0 bridgehead atoms. The number of piperidine rings is 2. The minimum atomic E-state index is 0.120. The van der Waals surface area contributed by atoms with Gasteiger partial charge in [-0.25, -0.2) is 0 Å². The standard InChI is InChI=1S/C22H32N2O3/c1-3-21(25)24-12-4-5-18(15-24)16-27-20-8-6-19(7-9-20)22(26)23-13-10-17(2)11-14-23/h6-9,17-18H,3-5,10-16H2,1-2H3/t18-/m1/s1. The summed E-state index contributed by atoms with van der Waals surface area (Å²) in [6, 6.07) is 7.50. The first kappa shape index (κ1) is 19.7. The SMILES string of the molecule is CCC(=O)N1CCC[C@@H](COc2ccc(C(=O)N3CCC(C)CC3)cc2)C1. The lowest BCUT2D eigenvalue weighted by Crippen LogP contribution is -2.41. The number of carbonyl (C=O) groups is 2. The van der Waals surface area contributed by atoms with Gasteiger partial charge in [0, 0.05) is 44.1 Å². The first-order valence-electron chi connectivity index (χ1n) is 10.4. The zero-order valence-corrected chi connectivity index (χ0v) is 16.7. The maximum absolute atomic E-state index is 12.6. The van der Waals surface area contributed by atoms with Gasteiger partial charge in [-0.15, -0.1) is 0 Å². The summed E-state index contributed by atoms with van der Waals surface area (Å²) in [4.78, 5) is 28.4. The summed E-state index contributed by atoms with van der Waals surface area (Å²) in [7, 11) is 0. The van der Waals surface area contributed by atoms with Crippen molar-refractivity contribution >= 4 is 11.8 Å². The van der Waals surface area contributed by atoms with Crippen LogP contribution in [0, 0.1) is 11.8 Å². The average Bonchev–Trinajstić information content (AvgIpc) is 2.72. The smallest absolute Gasteiger partial charge is 0.253 e. The second kappa shape index (κ2) is 9.25. The molecule has 0 aromatic heterocycles. The molecule has 1 atom stereocenters. The summed E-state index contributed by atoms with van der Waals surface area (Å²) in [5.74, 6) is 2.24. The fraction of sp³-hybridized carbons (Fsp3) is 0.636. The molecule has 1 aromatic carbocycles. The first-order valence-corrected chi connectivity index (χ1v) is 10.4. The van der Waals surface area contributed by atoms with Gasteiger partial charge in [0.15, 0.2) is 0 Å². The molecule has 0 N–H and O–H groups in total. The molecule has 2 saturated heterocycles. The molecule has 2 amide bonds. The van der Waals surface area contributed by atoms with E-state index < -0.39 is 0 Å². The van der Waals surface area contributed by atoms with E-state index >= 15 is 0 Å². The van der Waals surface area contributed by atoms with Crippen LogP contribution in [0.4, 0.5) is 0 Å². The third-order valence-electron chi connectivity index (χ3n) is 5.83. The molecule has 2 fully saturated rings. The summed E-state index contributed by atoms with van der Waals surface area (Å²) in [5.41, 5.74) is 0.731. The number of nitrogens with zero attached hydrogens (tertiary/aromatic N) is 2. The molecule has 2 heterocycles. The Bertz CT molecular complexity index is 635. The number of likely N-dealkylation sites (tertiary alicyclic amines) is 2. The maximum Gasteiger partial charge on any atom is 0.253 e. The van der Waals surface area contributed by atoms with Crippen LogP contribution in [0.2, 0.25) is 0 Å². The van der Waals surface area contributed by atoms with Gasteiger partial charge in [-0.1, -0.05) is 13.8 Å². The van der Waals surface area contributed by atoms with Crippen LogP contribution in [0.1, 0.15) is 56.3 Å². The van der Waals surface area contributed by atoms with Crippen molar-refractivity contribution in [2.24, 2.45) is 11.8 Å². The van der Waals surface area contributed by atoms with E-state index in [1.807, 2.05) is 41.0 Å². The number of ether oxygens (including phenoxy) is 1. The molecule has 1 aromatic rings. The predicted molar refractivity (Wildman–Crippen MR) is 106 cm³/mol. The molecule has 0 saturated carbocycles. The number of amides is 2. The second-order valence-electron chi connectivity index (χ2n) is 8.01. The monoisotopic (exact) mass is 372 g/mol. The summed E-state index contributed by atoms with van der Waals surface area (Å²) in [5, 5.41) is 0. The van der Waals surface area contributed by atoms with Crippen molar-refractivity contribution in [3.8, 4) is 5.75 Å². The van der Waals surface area contributed by atoms with Crippen molar-refractivity contribution in [2.45, 2.75) is 46.0 Å². The Morgan fingerprint density at radius 1 is 1.04 bits per heavy atom. The van der Waals surface area contributed by atoms with E-state index in [1.165, 1.54) is 0 Å². The van der Waals surface area contributed by atoms with E-state index in [1.54, 1.807) is 0 Å². The molecule has 148 valence electrons. The normalized spacial score (nSPS) is 21.2. The first-order chi connectivity index (χ1) is 13.1. The van der Waals surface area contributed by atoms with Gasteiger partial charge in [-0.3, -0.25) is 9.59 Å². The van der Waals surface area contributed by atoms with Crippen molar-refractivity contribution in [1.82, 2.24) is 9.80 Å². The molecule has 5 nitrogen and oxygen atoms in total. The molecule has 3 rings (SSSR count). The molecular formula is C22H32N2O3. The van der Waals surface area contributed by atoms with Gasteiger partial charge < -0.3 is 14.5 Å². The molecule has 27 heavy (non-hydrogen) atoms. The van der Waals surface area contributed by atoms with Crippen molar-refractivity contribution in [1.29, 1.82) is 0 Å². The lowest BCUT2D eigenvalue weighted by molar-refractivity contribution is -0.132. The summed E-state index contributed by atoms with van der Waals surface area (Å²) >= 11 is 0. The number of rotatable bonds is 5. The van der Waals surface area contributed by atoms with Gasteiger partial charge >= 0.3 is 0 Å². The minimum Gasteiger partial charge on any atom is -0.493 e. The minimum absolute atomic E-state index is 0.120. The van der Waals surface area contributed by atoms with E-state index in [-0.39, 0.29) is 11.8 Å². The van der Waals surface area contributed by atoms with E-state index in [0.29, 0.717) is 24.9 Å². The van der Waals surface area contributed by atoms with Crippen LogP contribution >= 0.6 is 0 Å². The van der Waals surface area contributed by atoms with Gasteiger partial charge in [0.25, 0.3) is 5.91 Å². The number of carbonyl (C=O) groups excluding carboxylic acids is 2. The molecule has 0 unspecified atom stereocenters. The Morgan fingerprint density at radius 2 is 1.74 bits per heavy atom. The van der Waals surface area contributed by atoms with E-state index in [9.17, 15) is 9.59 Å². The van der Waals surface area contributed by atoms with Gasteiger partial charge in [-0.2, -0.15) is 0 Å². The maximum atomic E-state index is 12.6. The molecule has 2 aliphatic rings. The van der Waals surface area contributed by atoms with Crippen LogP contribution in [-0.2, 0) is 4.79 Å². The van der Waals surface area contributed by atoms with E-state index in [4.69, 9.17) is 4.74 Å². The topological polar surface area (TPSA) is 49.9 Å². The Labute approximate surface area is 162 Å².